The van der Waals surface area contributed by atoms with E-state index < -0.39 is 45.5 Å². The Morgan fingerprint density at radius 2 is 1.52 bits per heavy atom. The van der Waals surface area contributed by atoms with Crippen LogP contribution in [0.15, 0.2) is 18.2 Å². The lowest BCUT2D eigenvalue weighted by Crippen LogP contribution is -2.36. The van der Waals surface area contributed by atoms with Crippen LogP contribution in [0.2, 0.25) is 0 Å². The van der Waals surface area contributed by atoms with Crippen LogP contribution in [0.25, 0.3) is 0 Å². The molecule has 0 aromatic heterocycles. The predicted octanol–water partition coefficient (Wildman–Crippen LogP) is 5.10. The van der Waals surface area contributed by atoms with Crippen molar-refractivity contribution < 1.29 is 26.2 Å². The summed E-state index contributed by atoms with van der Waals surface area (Å²) in [5, 5.41) is 0. The van der Waals surface area contributed by atoms with Gasteiger partial charge in [-0.05, 0) is 51.5 Å². The summed E-state index contributed by atoms with van der Waals surface area (Å²) >= 11 is 0. The zero-order valence-electron chi connectivity index (χ0n) is 13.5. The lowest BCUT2D eigenvalue weighted by Gasteiger charge is -2.31. The molecule has 2 nitrogen and oxygen atoms in total. The molecule has 8 heteroatoms. The van der Waals surface area contributed by atoms with E-state index in [1.54, 1.807) is 20.8 Å². The standard InChI is InChI=1S/C15H20F5NOS/c1-9(21(5)23(22)14(2,3)4)10-6-11(13(16)17)8-12(7-10)15(18,19)20/h6-9,13H,1-5H3. The molecular weight excluding hydrogens is 337 g/mol. The van der Waals surface area contributed by atoms with E-state index in [1.807, 2.05) is 0 Å². The lowest BCUT2D eigenvalue weighted by molar-refractivity contribution is -0.137. The van der Waals surface area contributed by atoms with E-state index in [-0.39, 0.29) is 5.56 Å². The van der Waals surface area contributed by atoms with Crippen molar-refractivity contribution in [2.24, 2.45) is 0 Å². The van der Waals surface area contributed by atoms with E-state index in [9.17, 15) is 26.2 Å². The van der Waals surface area contributed by atoms with Gasteiger partial charge in [-0.3, -0.25) is 0 Å². The number of rotatable bonds is 4. The third kappa shape index (κ3) is 4.97. The number of hydrogen-bond acceptors (Lipinski definition) is 1. The second-order valence-electron chi connectivity index (χ2n) is 6.27. The van der Waals surface area contributed by atoms with Gasteiger partial charge in [0.05, 0.1) is 21.3 Å². The zero-order chi connectivity index (χ0) is 18.2. The maximum atomic E-state index is 12.9. The molecule has 2 atom stereocenters. The van der Waals surface area contributed by atoms with Gasteiger partial charge in [-0.2, -0.15) is 13.2 Å². The van der Waals surface area contributed by atoms with Crippen LogP contribution in [0, 0.1) is 0 Å². The molecule has 0 N–H and O–H groups in total. The minimum Gasteiger partial charge on any atom is -0.242 e. The minimum atomic E-state index is -4.72. The molecule has 0 aliphatic rings. The molecule has 0 spiro atoms. The van der Waals surface area contributed by atoms with E-state index >= 15 is 0 Å². The van der Waals surface area contributed by atoms with Gasteiger partial charge in [0.25, 0.3) is 6.43 Å². The van der Waals surface area contributed by atoms with E-state index in [0.717, 1.165) is 12.1 Å². The van der Waals surface area contributed by atoms with E-state index in [0.29, 0.717) is 6.07 Å². The van der Waals surface area contributed by atoms with Crippen molar-refractivity contribution >= 4 is 11.0 Å². The maximum Gasteiger partial charge on any atom is 0.416 e. The Kier molecular flexibility index (Phi) is 5.96. The van der Waals surface area contributed by atoms with Crippen LogP contribution in [0.1, 0.15) is 56.9 Å². The number of hydrogen-bond donors (Lipinski definition) is 0. The molecule has 2 unspecified atom stereocenters. The van der Waals surface area contributed by atoms with Gasteiger partial charge < -0.3 is 0 Å². The predicted molar refractivity (Wildman–Crippen MR) is 80.5 cm³/mol. The molecule has 23 heavy (non-hydrogen) atoms. The van der Waals surface area contributed by atoms with Crippen LogP contribution in [0.5, 0.6) is 0 Å². The quantitative estimate of drug-likeness (QED) is 0.687. The molecule has 1 aromatic carbocycles. The summed E-state index contributed by atoms with van der Waals surface area (Å²) < 4.78 is 77.6. The van der Waals surface area contributed by atoms with Crippen molar-refractivity contribution in [1.29, 1.82) is 0 Å². The Bertz CT molecular complexity index is 580. The highest BCUT2D eigenvalue weighted by Crippen LogP contribution is 2.36. The van der Waals surface area contributed by atoms with Crippen molar-refractivity contribution in [2.45, 2.75) is 51.1 Å². The number of halogens is 5. The molecule has 0 aliphatic heterocycles. The molecule has 0 amide bonds. The first-order chi connectivity index (χ1) is 10.2. The van der Waals surface area contributed by atoms with Crippen LogP contribution >= 0.6 is 0 Å². The van der Waals surface area contributed by atoms with Gasteiger partial charge in [0.15, 0.2) is 0 Å². The van der Waals surface area contributed by atoms with Gasteiger partial charge >= 0.3 is 6.18 Å². The summed E-state index contributed by atoms with van der Waals surface area (Å²) in [6.45, 7) is 6.71. The number of alkyl halides is 5. The molecule has 0 aliphatic carbocycles. The second kappa shape index (κ2) is 6.84. The van der Waals surface area contributed by atoms with Crippen LogP contribution in [0.3, 0.4) is 0 Å². The SMILES string of the molecule is CC(c1cc(C(F)F)cc(C(F)(F)F)c1)N(C)S(=O)C(C)(C)C. The summed E-state index contributed by atoms with van der Waals surface area (Å²) in [6, 6.07) is 1.59. The molecule has 0 bridgehead atoms. The normalized spacial score (nSPS) is 16.0. The summed E-state index contributed by atoms with van der Waals surface area (Å²) in [7, 11) is 0.00122. The van der Waals surface area contributed by atoms with Gasteiger partial charge in [-0.1, -0.05) is 0 Å². The summed E-state index contributed by atoms with van der Waals surface area (Å²) in [5.74, 6) is 0. The minimum absolute atomic E-state index is 0.0511. The van der Waals surface area contributed by atoms with Crippen molar-refractivity contribution in [1.82, 2.24) is 4.31 Å². The lowest BCUT2D eigenvalue weighted by atomic mass is 10.0. The third-order valence-electron chi connectivity index (χ3n) is 3.37. The molecular formula is C15H20F5NOS. The highest BCUT2D eigenvalue weighted by Gasteiger charge is 2.34. The first-order valence-corrected chi connectivity index (χ1v) is 8.01. The molecule has 132 valence electrons. The Morgan fingerprint density at radius 1 is 1.04 bits per heavy atom. The Hall–Kier alpha value is -1.02. The van der Waals surface area contributed by atoms with Crippen LogP contribution in [-0.2, 0) is 17.2 Å². The largest absolute Gasteiger partial charge is 0.416 e. The molecule has 1 rings (SSSR count). The molecule has 0 saturated heterocycles. The monoisotopic (exact) mass is 357 g/mol. The van der Waals surface area contributed by atoms with Gasteiger partial charge in [0.2, 0.25) is 0 Å². The van der Waals surface area contributed by atoms with E-state index in [1.165, 1.54) is 18.3 Å². The second-order valence-corrected chi connectivity index (χ2v) is 8.57. The summed E-state index contributed by atoms with van der Waals surface area (Å²) in [5.41, 5.74) is -1.78. The fraction of sp³-hybridized carbons (Fsp3) is 0.600. The average molecular weight is 357 g/mol. The van der Waals surface area contributed by atoms with Crippen LogP contribution in [-0.4, -0.2) is 20.3 Å². The van der Waals surface area contributed by atoms with Gasteiger partial charge in [-0.25, -0.2) is 17.3 Å². The first-order valence-electron chi connectivity index (χ1n) is 6.90. The van der Waals surface area contributed by atoms with Crippen molar-refractivity contribution in [3.63, 3.8) is 0 Å². The highest BCUT2D eigenvalue weighted by molar-refractivity contribution is 7.84. The van der Waals surface area contributed by atoms with Crippen LogP contribution < -0.4 is 0 Å². The number of nitrogens with zero attached hydrogens (tertiary/aromatic N) is 1. The van der Waals surface area contributed by atoms with Crippen LogP contribution in [0.4, 0.5) is 22.0 Å². The topological polar surface area (TPSA) is 20.3 Å². The molecule has 0 radical (unpaired) electrons. The maximum absolute atomic E-state index is 12.9. The molecule has 0 heterocycles. The molecule has 1 aromatic rings. The smallest absolute Gasteiger partial charge is 0.242 e. The summed E-state index contributed by atoms with van der Waals surface area (Å²) in [4.78, 5) is 0. The Morgan fingerprint density at radius 3 is 1.91 bits per heavy atom. The fourth-order valence-corrected chi connectivity index (χ4v) is 3.27. The van der Waals surface area contributed by atoms with Crippen molar-refractivity contribution in [3.8, 4) is 0 Å². The van der Waals surface area contributed by atoms with E-state index in [2.05, 4.69) is 0 Å². The van der Waals surface area contributed by atoms with E-state index in [4.69, 9.17) is 0 Å². The van der Waals surface area contributed by atoms with Crippen molar-refractivity contribution in [2.75, 3.05) is 7.05 Å². The Balaban J connectivity index is 3.30. The summed E-state index contributed by atoms with van der Waals surface area (Å²) in [6.07, 6.45) is -7.73. The number of benzene rings is 1. The highest BCUT2D eigenvalue weighted by atomic mass is 32.2. The molecule has 0 saturated carbocycles. The first kappa shape index (κ1) is 20.0. The Labute approximate surface area is 135 Å². The van der Waals surface area contributed by atoms with Gasteiger partial charge in [-0.15, -0.1) is 0 Å². The average Bonchev–Trinajstić information content (AvgIpc) is 2.42. The zero-order valence-corrected chi connectivity index (χ0v) is 14.4. The third-order valence-corrected chi connectivity index (χ3v) is 5.26. The fourth-order valence-electron chi connectivity index (χ4n) is 1.99. The van der Waals surface area contributed by atoms with Gasteiger partial charge in [0, 0.05) is 18.7 Å². The van der Waals surface area contributed by atoms with Gasteiger partial charge in [0.1, 0.15) is 0 Å². The van der Waals surface area contributed by atoms with Crippen molar-refractivity contribution in [3.05, 3.63) is 34.9 Å². The molecule has 0 fully saturated rings.